The molecular formula is C18H19NO5. The van der Waals surface area contributed by atoms with E-state index >= 15 is 0 Å². The van der Waals surface area contributed by atoms with Crippen LogP contribution in [0.1, 0.15) is 17.2 Å². The predicted octanol–water partition coefficient (Wildman–Crippen LogP) is 3.03. The molecule has 0 aliphatic carbocycles. The number of rotatable bonds is 9. The Kier molecular flexibility index (Phi) is 6.94. The SMILES string of the molecule is O=[N+]([O-])O[C@@H](c1ccccc1)[C@H](O)COC/C=C/c1ccccc1. The average Bonchev–Trinajstić information content (AvgIpc) is 2.60. The quantitative estimate of drug-likeness (QED) is 0.434. The van der Waals surface area contributed by atoms with Gasteiger partial charge in [0.05, 0.1) is 13.2 Å². The monoisotopic (exact) mass is 329 g/mol. The molecule has 0 spiro atoms. The molecule has 0 bridgehead atoms. The lowest BCUT2D eigenvalue weighted by Crippen LogP contribution is -2.28. The number of benzene rings is 2. The minimum Gasteiger partial charge on any atom is -0.388 e. The number of hydrogen-bond donors (Lipinski definition) is 1. The Morgan fingerprint density at radius 1 is 1.08 bits per heavy atom. The summed E-state index contributed by atoms with van der Waals surface area (Å²) in [5.74, 6) is 0. The van der Waals surface area contributed by atoms with E-state index in [0.29, 0.717) is 5.56 Å². The Bertz CT molecular complexity index is 645. The van der Waals surface area contributed by atoms with Crippen LogP contribution >= 0.6 is 0 Å². The summed E-state index contributed by atoms with van der Waals surface area (Å²) in [5, 5.41) is 19.9. The molecule has 6 heteroatoms. The first-order valence-corrected chi connectivity index (χ1v) is 7.50. The summed E-state index contributed by atoms with van der Waals surface area (Å²) < 4.78 is 5.36. The van der Waals surface area contributed by atoms with Crippen molar-refractivity contribution in [1.82, 2.24) is 0 Å². The summed E-state index contributed by atoms with van der Waals surface area (Å²) in [6.45, 7) is 0.207. The number of nitrogens with zero attached hydrogens (tertiary/aromatic N) is 1. The third-order valence-electron chi connectivity index (χ3n) is 3.29. The molecule has 0 saturated heterocycles. The second kappa shape index (κ2) is 9.44. The van der Waals surface area contributed by atoms with Gasteiger partial charge in [0.25, 0.3) is 5.09 Å². The van der Waals surface area contributed by atoms with Crippen LogP contribution < -0.4 is 0 Å². The van der Waals surface area contributed by atoms with Crippen LogP contribution in [0.5, 0.6) is 0 Å². The smallest absolute Gasteiger partial charge is 0.295 e. The molecule has 0 aromatic heterocycles. The molecule has 0 amide bonds. The Labute approximate surface area is 140 Å². The maximum Gasteiger partial charge on any atom is 0.295 e. The Balaban J connectivity index is 1.85. The van der Waals surface area contributed by atoms with Gasteiger partial charge in [-0.15, -0.1) is 10.1 Å². The van der Waals surface area contributed by atoms with Crippen LogP contribution in [0.2, 0.25) is 0 Å². The minimum atomic E-state index is -1.15. The highest BCUT2D eigenvalue weighted by Gasteiger charge is 2.25. The van der Waals surface area contributed by atoms with E-state index in [1.807, 2.05) is 42.5 Å². The summed E-state index contributed by atoms with van der Waals surface area (Å²) in [6.07, 6.45) is 1.48. The normalized spacial score (nSPS) is 13.5. The number of hydrogen-bond acceptors (Lipinski definition) is 5. The molecule has 0 aliphatic heterocycles. The highest BCUT2D eigenvalue weighted by Crippen LogP contribution is 2.21. The van der Waals surface area contributed by atoms with Gasteiger partial charge < -0.3 is 14.7 Å². The van der Waals surface area contributed by atoms with Crippen LogP contribution in [0.3, 0.4) is 0 Å². The summed E-state index contributed by atoms with van der Waals surface area (Å²) in [7, 11) is 0. The predicted molar refractivity (Wildman–Crippen MR) is 89.6 cm³/mol. The van der Waals surface area contributed by atoms with Crippen LogP contribution in [0.4, 0.5) is 0 Å². The van der Waals surface area contributed by atoms with E-state index in [1.165, 1.54) is 0 Å². The molecule has 2 rings (SSSR count). The number of ether oxygens (including phenoxy) is 1. The second-order valence-corrected chi connectivity index (χ2v) is 5.08. The largest absolute Gasteiger partial charge is 0.388 e. The van der Waals surface area contributed by atoms with E-state index in [9.17, 15) is 15.2 Å². The molecule has 0 radical (unpaired) electrons. The van der Waals surface area contributed by atoms with Crippen molar-refractivity contribution in [2.45, 2.75) is 12.2 Å². The number of aliphatic hydroxyl groups is 1. The number of aliphatic hydroxyl groups excluding tert-OH is 1. The molecule has 0 aliphatic rings. The first-order valence-electron chi connectivity index (χ1n) is 7.50. The van der Waals surface area contributed by atoms with Crippen LogP contribution in [0.25, 0.3) is 6.08 Å². The maximum atomic E-state index is 10.6. The van der Waals surface area contributed by atoms with Crippen molar-refractivity contribution in [3.05, 3.63) is 88.0 Å². The van der Waals surface area contributed by atoms with Crippen molar-refractivity contribution in [3.63, 3.8) is 0 Å². The fraction of sp³-hybridized carbons (Fsp3) is 0.222. The molecule has 0 saturated carbocycles. The lowest BCUT2D eigenvalue weighted by atomic mass is 10.1. The molecule has 2 aromatic rings. The van der Waals surface area contributed by atoms with Gasteiger partial charge in [-0.2, -0.15) is 0 Å². The van der Waals surface area contributed by atoms with Crippen molar-refractivity contribution in [2.24, 2.45) is 0 Å². The molecule has 2 aromatic carbocycles. The molecule has 0 fully saturated rings. The van der Waals surface area contributed by atoms with E-state index in [1.54, 1.807) is 30.3 Å². The topological polar surface area (TPSA) is 81.8 Å². The molecule has 126 valence electrons. The van der Waals surface area contributed by atoms with E-state index in [-0.39, 0.29) is 13.2 Å². The molecule has 2 atom stereocenters. The Morgan fingerprint density at radius 3 is 2.33 bits per heavy atom. The van der Waals surface area contributed by atoms with E-state index < -0.39 is 17.3 Å². The lowest BCUT2D eigenvalue weighted by molar-refractivity contribution is -0.773. The van der Waals surface area contributed by atoms with Crippen molar-refractivity contribution in [1.29, 1.82) is 0 Å². The van der Waals surface area contributed by atoms with Crippen molar-refractivity contribution < 1.29 is 19.8 Å². The fourth-order valence-electron chi connectivity index (χ4n) is 2.18. The van der Waals surface area contributed by atoms with Crippen LogP contribution in [0.15, 0.2) is 66.7 Å². The lowest BCUT2D eigenvalue weighted by Gasteiger charge is -2.21. The molecule has 24 heavy (non-hydrogen) atoms. The van der Waals surface area contributed by atoms with Crippen LogP contribution in [-0.2, 0) is 9.57 Å². The molecule has 1 N–H and O–H groups in total. The highest BCUT2D eigenvalue weighted by atomic mass is 17.0. The third-order valence-corrected chi connectivity index (χ3v) is 3.29. The van der Waals surface area contributed by atoms with Gasteiger partial charge >= 0.3 is 0 Å². The van der Waals surface area contributed by atoms with Gasteiger partial charge in [-0.25, -0.2) is 0 Å². The van der Waals surface area contributed by atoms with Crippen LogP contribution in [0, 0.1) is 10.1 Å². The first-order chi connectivity index (χ1) is 11.7. The van der Waals surface area contributed by atoms with Gasteiger partial charge in [-0.1, -0.05) is 72.8 Å². The van der Waals surface area contributed by atoms with Gasteiger partial charge in [0, 0.05) is 0 Å². The third kappa shape index (κ3) is 5.83. The van der Waals surface area contributed by atoms with Gasteiger partial charge in [0.2, 0.25) is 0 Å². The minimum absolute atomic E-state index is 0.0769. The van der Waals surface area contributed by atoms with Gasteiger partial charge in [0.15, 0.2) is 6.10 Å². The fourth-order valence-corrected chi connectivity index (χ4v) is 2.18. The zero-order valence-corrected chi connectivity index (χ0v) is 13.0. The average molecular weight is 329 g/mol. The van der Waals surface area contributed by atoms with Gasteiger partial charge in [0.1, 0.15) is 6.10 Å². The molecule has 0 unspecified atom stereocenters. The molecule has 0 heterocycles. The molecular weight excluding hydrogens is 310 g/mol. The molecule has 6 nitrogen and oxygen atoms in total. The second-order valence-electron chi connectivity index (χ2n) is 5.08. The van der Waals surface area contributed by atoms with E-state index in [0.717, 1.165) is 5.56 Å². The van der Waals surface area contributed by atoms with Crippen molar-refractivity contribution in [3.8, 4) is 0 Å². The van der Waals surface area contributed by atoms with E-state index in [2.05, 4.69) is 4.84 Å². The summed E-state index contributed by atoms with van der Waals surface area (Å²) >= 11 is 0. The zero-order valence-electron chi connectivity index (χ0n) is 13.0. The van der Waals surface area contributed by atoms with E-state index in [4.69, 9.17) is 4.74 Å². The first kappa shape index (κ1) is 17.7. The summed E-state index contributed by atoms with van der Waals surface area (Å²) in [5.41, 5.74) is 1.56. The van der Waals surface area contributed by atoms with Crippen molar-refractivity contribution >= 4 is 6.08 Å². The van der Waals surface area contributed by atoms with Crippen LogP contribution in [-0.4, -0.2) is 29.5 Å². The summed E-state index contributed by atoms with van der Waals surface area (Å²) in [4.78, 5) is 15.2. The van der Waals surface area contributed by atoms with Gasteiger partial charge in [-0.3, -0.25) is 0 Å². The van der Waals surface area contributed by atoms with Crippen molar-refractivity contribution in [2.75, 3.05) is 13.2 Å². The maximum absolute atomic E-state index is 10.6. The Hall–Kier alpha value is -2.70. The summed E-state index contributed by atoms with van der Waals surface area (Å²) in [6, 6.07) is 18.3. The zero-order chi connectivity index (χ0) is 17.2. The standard InChI is InChI=1S/C18H19NO5/c20-17(14-23-13-7-10-15-8-3-1-4-9-15)18(24-19(21)22)16-11-5-2-6-12-16/h1-12,17-18,20H,13-14H2/b10-7+/t17-,18+/m1/s1. The highest BCUT2D eigenvalue weighted by molar-refractivity contribution is 5.48. The Morgan fingerprint density at radius 2 is 1.71 bits per heavy atom. The van der Waals surface area contributed by atoms with Gasteiger partial charge in [-0.05, 0) is 11.1 Å².